The largest absolute Gasteiger partial charge is 0.487 e. The quantitative estimate of drug-likeness (QED) is 0.451. The highest BCUT2D eigenvalue weighted by atomic mass is 16.7. The summed E-state index contributed by atoms with van der Waals surface area (Å²) in [5, 5.41) is 0. The normalized spacial score (nSPS) is 21.4. The number of carbonyl (C=O) groups is 1. The Morgan fingerprint density at radius 1 is 1.15 bits per heavy atom. The van der Waals surface area contributed by atoms with Gasteiger partial charge in [0.05, 0.1) is 17.8 Å². The van der Waals surface area contributed by atoms with Crippen LogP contribution >= 0.6 is 0 Å². The van der Waals surface area contributed by atoms with Gasteiger partial charge in [0.2, 0.25) is 0 Å². The van der Waals surface area contributed by atoms with Gasteiger partial charge in [0.25, 0.3) is 0 Å². The number of ether oxygens (including phenoxy) is 1. The molecule has 1 fully saturated rings. The van der Waals surface area contributed by atoms with E-state index >= 15 is 0 Å². The van der Waals surface area contributed by atoms with Crippen molar-refractivity contribution in [2.24, 2.45) is 5.41 Å². The van der Waals surface area contributed by atoms with Crippen molar-refractivity contribution < 1.29 is 18.8 Å². The fraction of sp³-hybridized carbons (Fsp3) is 0.800. The van der Waals surface area contributed by atoms with Crippen LogP contribution in [0.3, 0.4) is 0 Å². The highest BCUT2D eigenvalue weighted by molar-refractivity contribution is 6.52. The number of rotatable bonds is 4. The van der Waals surface area contributed by atoms with Gasteiger partial charge in [-0.2, -0.15) is 0 Å². The Labute approximate surface area is 123 Å². The summed E-state index contributed by atoms with van der Waals surface area (Å²) in [6.45, 7) is 14.7. The lowest BCUT2D eigenvalue weighted by molar-refractivity contribution is -0.138. The Kier molecular flexibility index (Phi) is 5.09. The zero-order valence-corrected chi connectivity index (χ0v) is 13.8. The second kappa shape index (κ2) is 5.90. The molecule has 0 aliphatic carbocycles. The highest BCUT2D eigenvalue weighted by Gasteiger charge is 2.50. The average molecular weight is 282 g/mol. The van der Waals surface area contributed by atoms with Crippen LogP contribution in [0.25, 0.3) is 0 Å². The predicted molar refractivity (Wildman–Crippen MR) is 80.3 cm³/mol. The number of hydrogen-bond donors (Lipinski definition) is 0. The molecule has 1 aliphatic heterocycles. The summed E-state index contributed by atoms with van der Waals surface area (Å²) in [5.41, 5.74) is -0.619. The molecule has 1 saturated heterocycles. The van der Waals surface area contributed by atoms with Gasteiger partial charge in [0.15, 0.2) is 0 Å². The summed E-state index contributed by atoms with van der Waals surface area (Å²) < 4.78 is 16.7. The van der Waals surface area contributed by atoms with Crippen LogP contribution in [0, 0.1) is 5.41 Å². The zero-order chi connectivity index (χ0) is 15.6. The number of esters is 1. The van der Waals surface area contributed by atoms with E-state index in [9.17, 15) is 4.79 Å². The van der Waals surface area contributed by atoms with E-state index in [1.807, 2.05) is 27.7 Å². The van der Waals surface area contributed by atoms with E-state index in [0.29, 0.717) is 6.61 Å². The Morgan fingerprint density at radius 2 is 1.65 bits per heavy atom. The molecule has 0 amide bonds. The van der Waals surface area contributed by atoms with Crippen LogP contribution in [0.2, 0.25) is 0 Å². The molecule has 0 atom stereocenters. The van der Waals surface area contributed by atoms with Crippen LogP contribution in [-0.2, 0) is 18.8 Å². The third-order valence-electron chi connectivity index (χ3n) is 3.76. The van der Waals surface area contributed by atoms with Gasteiger partial charge in [-0.15, -0.1) is 0 Å². The molecule has 5 heteroatoms. The number of hydrogen-bond acceptors (Lipinski definition) is 4. The first kappa shape index (κ1) is 17.2. The summed E-state index contributed by atoms with van der Waals surface area (Å²) in [6, 6.07) is 0. The Bertz CT molecular complexity index is 364. The van der Waals surface area contributed by atoms with Crippen molar-refractivity contribution in [2.45, 2.75) is 66.1 Å². The maximum Gasteiger partial charge on any atom is 0.487 e. The summed E-state index contributed by atoms with van der Waals surface area (Å²) in [7, 11) is -0.504. The lowest BCUT2D eigenvalue weighted by atomic mass is 9.90. The van der Waals surface area contributed by atoms with Crippen LogP contribution in [-0.4, -0.2) is 30.9 Å². The minimum Gasteiger partial charge on any atom is -0.463 e. The third kappa shape index (κ3) is 4.95. The molecule has 0 bridgehead atoms. The average Bonchev–Trinajstić information content (AvgIpc) is 2.43. The van der Waals surface area contributed by atoms with Gasteiger partial charge in [0, 0.05) is 6.08 Å². The molecule has 20 heavy (non-hydrogen) atoms. The lowest BCUT2D eigenvalue weighted by Crippen LogP contribution is -2.41. The summed E-state index contributed by atoms with van der Waals surface area (Å²) in [5.74, 6) is 1.25. The molecule has 0 N–H and O–H groups in total. The molecular weight excluding hydrogens is 255 g/mol. The molecule has 0 radical (unpaired) electrons. The molecule has 0 aromatic rings. The second-order valence-corrected chi connectivity index (χ2v) is 7.46. The van der Waals surface area contributed by atoms with Gasteiger partial charge in [-0.05, 0) is 45.5 Å². The fourth-order valence-corrected chi connectivity index (χ4v) is 1.63. The Morgan fingerprint density at radius 3 is 2.10 bits per heavy atom. The monoisotopic (exact) mass is 282 g/mol. The van der Waals surface area contributed by atoms with E-state index < -0.39 is 18.3 Å². The van der Waals surface area contributed by atoms with Gasteiger partial charge in [-0.3, -0.25) is 0 Å². The minimum absolute atomic E-state index is 0.162. The molecule has 1 heterocycles. The van der Waals surface area contributed by atoms with Crippen molar-refractivity contribution >= 4 is 13.1 Å². The summed E-state index contributed by atoms with van der Waals surface area (Å²) in [4.78, 5) is 11.6. The van der Waals surface area contributed by atoms with Gasteiger partial charge in [0.1, 0.15) is 0 Å². The van der Waals surface area contributed by atoms with Crippen molar-refractivity contribution in [1.29, 1.82) is 0 Å². The molecule has 0 aromatic carbocycles. The van der Waals surface area contributed by atoms with Gasteiger partial charge in [-0.1, -0.05) is 20.8 Å². The molecule has 0 aromatic heterocycles. The molecule has 0 saturated carbocycles. The first-order valence-corrected chi connectivity index (χ1v) is 7.14. The first-order chi connectivity index (χ1) is 8.93. The first-order valence-electron chi connectivity index (χ1n) is 7.14. The van der Waals surface area contributed by atoms with Crippen molar-refractivity contribution in [3.63, 3.8) is 0 Å². The van der Waals surface area contributed by atoms with Crippen LogP contribution in [0.4, 0.5) is 0 Å². The van der Waals surface area contributed by atoms with Crippen molar-refractivity contribution in [1.82, 2.24) is 0 Å². The van der Waals surface area contributed by atoms with E-state index in [0.717, 1.165) is 6.42 Å². The molecule has 114 valence electrons. The molecule has 0 unspecified atom stereocenters. The second-order valence-electron chi connectivity index (χ2n) is 7.46. The topological polar surface area (TPSA) is 44.8 Å². The molecule has 4 nitrogen and oxygen atoms in total. The predicted octanol–water partition coefficient (Wildman–Crippen LogP) is 3.15. The standard InChI is InChI=1S/C15H27BO4/c1-13(2,3)9-11-18-12(17)8-10-16-19-14(4,5)15(6,7)20-16/h8,10H,9,11H2,1-7H3. The van der Waals surface area contributed by atoms with Gasteiger partial charge in [-0.25, -0.2) is 4.79 Å². The summed E-state index contributed by atoms with van der Waals surface area (Å²) >= 11 is 0. The third-order valence-corrected chi connectivity index (χ3v) is 3.76. The Balaban J connectivity index is 2.40. The van der Waals surface area contributed by atoms with Crippen LogP contribution in [0.15, 0.2) is 12.1 Å². The fourth-order valence-electron chi connectivity index (χ4n) is 1.63. The van der Waals surface area contributed by atoms with Crippen LogP contribution < -0.4 is 0 Å². The Hall–Kier alpha value is -0.805. The molecule has 0 spiro atoms. The van der Waals surface area contributed by atoms with E-state index in [2.05, 4.69) is 20.8 Å². The molecular formula is C15H27BO4. The van der Waals surface area contributed by atoms with Gasteiger partial charge >= 0.3 is 13.1 Å². The van der Waals surface area contributed by atoms with E-state index in [-0.39, 0.29) is 11.4 Å². The van der Waals surface area contributed by atoms with Gasteiger partial charge < -0.3 is 14.0 Å². The lowest BCUT2D eigenvalue weighted by Gasteiger charge is -2.32. The van der Waals surface area contributed by atoms with Crippen molar-refractivity contribution in [3.05, 3.63) is 12.1 Å². The zero-order valence-electron chi connectivity index (χ0n) is 13.8. The maximum atomic E-state index is 11.6. The maximum absolute atomic E-state index is 11.6. The number of carbonyl (C=O) groups excluding carboxylic acids is 1. The van der Waals surface area contributed by atoms with E-state index in [1.165, 1.54) is 6.08 Å². The minimum atomic E-state index is -0.504. The summed E-state index contributed by atoms with van der Waals surface area (Å²) in [6.07, 6.45) is 2.22. The van der Waals surface area contributed by atoms with Crippen LogP contribution in [0.1, 0.15) is 54.9 Å². The van der Waals surface area contributed by atoms with Crippen molar-refractivity contribution in [2.75, 3.05) is 6.61 Å². The van der Waals surface area contributed by atoms with E-state index in [4.69, 9.17) is 14.0 Å². The smallest absolute Gasteiger partial charge is 0.463 e. The van der Waals surface area contributed by atoms with Crippen molar-refractivity contribution in [3.8, 4) is 0 Å². The van der Waals surface area contributed by atoms with E-state index in [1.54, 1.807) is 5.98 Å². The highest BCUT2D eigenvalue weighted by Crippen LogP contribution is 2.36. The molecule has 1 rings (SSSR count). The van der Waals surface area contributed by atoms with Crippen LogP contribution in [0.5, 0.6) is 0 Å². The molecule has 1 aliphatic rings. The SMILES string of the molecule is CC(C)(C)CCOC(=O)C=CB1OC(C)(C)C(C)(C)O1.